The van der Waals surface area contributed by atoms with E-state index in [0.717, 1.165) is 11.5 Å². The highest BCUT2D eigenvalue weighted by Gasteiger charge is 2.12. The molecule has 4 nitrogen and oxygen atoms in total. The molecule has 0 radical (unpaired) electrons. The zero-order valence-electron chi connectivity index (χ0n) is 8.79. The van der Waals surface area contributed by atoms with Gasteiger partial charge in [-0.1, -0.05) is 18.2 Å². The molecule has 0 saturated heterocycles. The van der Waals surface area contributed by atoms with E-state index in [-0.39, 0.29) is 6.10 Å². The van der Waals surface area contributed by atoms with E-state index in [4.69, 9.17) is 4.74 Å². The van der Waals surface area contributed by atoms with Crippen LogP contribution in [0.1, 0.15) is 18.9 Å². The number of rotatable bonds is 3. The minimum Gasteiger partial charge on any atom is -0.374 e. The number of methoxy groups -OCH3 is 1. The van der Waals surface area contributed by atoms with E-state index in [9.17, 15) is 0 Å². The SMILES string of the molecule is COC(C)c1nncn1-c1ccccc1. The summed E-state index contributed by atoms with van der Waals surface area (Å²) in [5.74, 6) is 0.809. The highest BCUT2D eigenvalue weighted by molar-refractivity contribution is 5.32. The predicted octanol–water partition coefficient (Wildman–Crippen LogP) is 1.97. The molecule has 0 spiro atoms. The molecule has 1 unspecified atom stereocenters. The van der Waals surface area contributed by atoms with Crippen molar-refractivity contribution in [3.63, 3.8) is 0 Å². The van der Waals surface area contributed by atoms with Gasteiger partial charge in [-0.2, -0.15) is 0 Å². The van der Waals surface area contributed by atoms with Crippen molar-refractivity contribution >= 4 is 0 Å². The highest BCUT2D eigenvalue weighted by atomic mass is 16.5. The maximum Gasteiger partial charge on any atom is 0.166 e. The molecule has 0 bridgehead atoms. The van der Waals surface area contributed by atoms with Gasteiger partial charge >= 0.3 is 0 Å². The molecule has 1 atom stereocenters. The second-order valence-electron chi connectivity index (χ2n) is 3.27. The van der Waals surface area contributed by atoms with Crippen LogP contribution >= 0.6 is 0 Å². The molecule has 0 amide bonds. The molecule has 4 heteroatoms. The number of hydrogen-bond donors (Lipinski definition) is 0. The van der Waals surface area contributed by atoms with Crippen molar-refractivity contribution in [2.75, 3.05) is 7.11 Å². The number of ether oxygens (including phenoxy) is 1. The summed E-state index contributed by atoms with van der Waals surface area (Å²) in [7, 11) is 1.66. The van der Waals surface area contributed by atoms with E-state index >= 15 is 0 Å². The fourth-order valence-corrected chi connectivity index (χ4v) is 1.41. The van der Waals surface area contributed by atoms with Crippen molar-refractivity contribution in [1.82, 2.24) is 14.8 Å². The summed E-state index contributed by atoms with van der Waals surface area (Å²) in [5.41, 5.74) is 1.04. The third-order valence-electron chi connectivity index (χ3n) is 2.33. The lowest BCUT2D eigenvalue weighted by Gasteiger charge is -2.10. The Hall–Kier alpha value is -1.68. The first-order valence-electron chi connectivity index (χ1n) is 4.81. The van der Waals surface area contributed by atoms with E-state index in [2.05, 4.69) is 10.2 Å². The van der Waals surface area contributed by atoms with Gasteiger partial charge in [0.1, 0.15) is 12.4 Å². The largest absolute Gasteiger partial charge is 0.374 e. The lowest BCUT2D eigenvalue weighted by Crippen LogP contribution is -2.06. The third kappa shape index (κ3) is 1.89. The molecule has 15 heavy (non-hydrogen) atoms. The van der Waals surface area contributed by atoms with Gasteiger partial charge in [-0.05, 0) is 19.1 Å². The summed E-state index contributed by atoms with van der Waals surface area (Å²) in [6, 6.07) is 9.96. The van der Waals surface area contributed by atoms with Gasteiger partial charge < -0.3 is 4.74 Å². The zero-order valence-corrected chi connectivity index (χ0v) is 8.79. The quantitative estimate of drug-likeness (QED) is 0.765. The van der Waals surface area contributed by atoms with Gasteiger partial charge in [0.25, 0.3) is 0 Å². The standard InChI is InChI=1S/C11H13N3O/c1-9(15-2)11-13-12-8-14(11)10-6-4-3-5-7-10/h3-9H,1-2H3. The second-order valence-corrected chi connectivity index (χ2v) is 3.27. The molecule has 2 aromatic rings. The Morgan fingerprint density at radius 2 is 2.00 bits per heavy atom. The number of hydrogen-bond acceptors (Lipinski definition) is 3. The summed E-state index contributed by atoms with van der Waals surface area (Å²) < 4.78 is 7.16. The normalized spacial score (nSPS) is 12.7. The van der Waals surface area contributed by atoms with E-state index in [0.29, 0.717) is 0 Å². The van der Waals surface area contributed by atoms with E-state index in [1.165, 1.54) is 0 Å². The van der Waals surface area contributed by atoms with Gasteiger partial charge in [0.15, 0.2) is 5.82 Å². The second kappa shape index (κ2) is 4.23. The summed E-state index contributed by atoms with van der Waals surface area (Å²) in [4.78, 5) is 0. The molecule has 0 saturated carbocycles. The van der Waals surface area contributed by atoms with Crippen LogP contribution in [0.2, 0.25) is 0 Å². The van der Waals surface area contributed by atoms with E-state index in [1.807, 2.05) is 41.8 Å². The molecule has 1 heterocycles. The summed E-state index contributed by atoms with van der Waals surface area (Å²) >= 11 is 0. The van der Waals surface area contributed by atoms with E-state index in [1.54, 1.807) is 13.4 Å². The summed E-state index contributed by atoms with van der Waals surface area (Å²) in [5, 5.41) is 7.95. The highest BCUT2D eigenvalue weighted by Crippen LogP contribution is 2.16. The van der Waals surface area contributed by atoms with Crippen molar-refractivity contribution in [1.29, 1.82) is 0 Å². The molecule has 78 valence electrons. The molecule has 0 aliphatic carbocycles. The Bertz CT molecular complexity index is 424. The van der Waals surface area contributed by atoms with Gasteiger partial charge in [0, 0.05) is 12.8 Å². The number of aromatic nitrogens is 3. The first-order valence-corrected chi connectivity index (χ1v) is 4.81. The Labute approximate surface area is 88.5 Å². The fourth-order valence-electron chi connectivity index (χ4n) is 1.41. The smallest absolute Gasteiger partial charge is 0.166 e. The van der Waals surface area contributed by atoms with Gasteiger partial charge in [-0.3, -0.25) is 4.57 Å². The maximum absolute atomic E-state index is 5.23. The molecular weight excluding hydrogens is 190 g/mol. The van der Waals surface area contributed by atoms with Crippen LogP contribution < -0.4 is 0 Å². The van der Waals surface area contributed by atoms with Gasteiger partial charge in [0.05, 0.1) is 0 Å². The van der Waals surface area contributed by atoms with E-state index < -0.39 is 0 Å². The van der Waals surface area contributed by atoms with Crippen LogP contribution in [0.25, 0.3) is 5.69 Å². The molecule has 0 N–H and O–H groups in total. The molecule has 2 rings (SSSR count). The first-order chi connectivity index (χ1) is 7.33. The summed E-state index contributed by atoms with van der Waals surface area (Å²) in [6.45, 7) is 1.95. The summed E-state index contributed by atoms with van der Waals surface area (Å²) in [6.07, 6.45) is 1.63. The van der Waals surface area contributed by atoms with Crippen LogP contribution in [0.15, 0.2) is 36.7 Å². The molecule has 1 aromatic carbocycles. The lowest BCUT2D eigenvalue weighted by atomic mass is 10.3. The molecule has 0 fully saturated rings. The lowest BCUT2D eigenvalue weighted by molar-refractivity contribution is 0.110. The van der Waals surface area contributed by atoms with Crippen molar-refractivity contribution < 1.29 is 4.74 Å². The van der Waals surface area contributed by atoms with Crippen LogP contribution in [0.4, 0.5) is 0 Å². The van der Waals surface area contributed by atoms with Crippen molar-refractivity contribution in [2.24, 2.45) is 0 Å². The zero-order chi connectivity index (χ0) is 10.7. The minimum atomic E-state index is -0.0623. The Balaban J connectivity index is 2.41. The topological polar surface area (TPSA) is 39.9 Å². The Morgan fingerprint density at radius 3 is 2.67 bits per heavy atom. The molecule has 0 aliphatic heterocycles. The van der Waals surface area contributed by atoms with Crippen LogP contribution in [0.5, 0.6) is 0 Å². The van der Waals surface area contributed by atoms with Crippen LogP contribution in [-0.4, -0.2) is 21.9 Å². The van der Waals surface area contributed by atoms with Crippen molar-refractivity contribution in [3.8, 4) is 5.69 Å². The van der Waals surface area contributed by atoms with Gasteiger partial charge in [-0.25, -0.2) is 0 Å². The fraction of sp³-hybridized carbons (Fsp3) is 0.273. The third-order valence-corrected chi connectivity index (χ3v) is 2.33. The van der Waals surface area contributed by atoms with Gasteiger partial charge in [-0.15, -0.1) is 10.2 Å². The van der Waals surface area contributed by atoms with Crippen molar-refractivity contribution in [3.05, 3.63) is 42.5 Å². The Kier molecular flexibility index (Phi) is 2.78. The predicted molar refractivity (Wildman–Crippen MR) is 56.8 cm³/mol. The molecule has 1 aromatic heterocycles. The molecule has 0 aliphatic rings. The first kappa shape index (κ1) is 9.86. The van der Waals surface area contributed by atoms with Crippen LogP contribution in [0.3, 0.4) is 0 Å². The number of nitrogens with zero attached hydrogens (tertiary/aromatic N) is 3. The number of para-hydroxylation sites is 1. The monoisotopic (exact) mass is 203 g/mol. The maximum atomic E-state index is 5.23. The van der Waals surface area contributed by atoms with Crippen molar-refractivity contribution in [2.45, 2.75) is 13.0 Å². The van der Waals surface area contributed by atoms with Crippen LogP contribution in [-0.2, 0) is 4.74 Å². The average molecular weight is 203 g/mol. The average Bonchev–Trinajstić information content (AvgIpc) is 2.78. The minimum absolute atomic E-state index is 0.0623. The molecular formula is C11H13N3O. The van der Waals surface area contributed by atoms with Gasteiger partial charge in [0.2, 0.25) is 0 Å². The Morgan fingerprint density at radius 1 is 1.27 bits per heavy atom. The number of benzene rings is 1. The van der Waals surface area contributed by atoms with Crippen LogP contribution in [0, 0.1) is 0 Å².